The van der Waals surface area contributed by atoms with Gasteiger partial charge >= 0.3 is 11.9 Å². The SMILES string of the molecule is C=C(CC(C)(C)C(=O)OCCO)C(=O)OCC. The number of carbonyl (C=O) groups is 2. The van der Waals surface area contributed by atoms with Crippen LogP contribution >= 0.6 is 0 Å². The monoisotopic (exact) mass is 244 g/mol. The lowest BCUT2D eigenvalue weighted by molar-refractivity contribution is -0.155. The van der Waals surface area contributed by atoms with Crippen molar-refractivity contribution in [3.63, 3.8) is 0 Å². The van der Waals surface area contributed by atoms with Crippen molar-refractivity contribution in [2.45, 2.75) is 27.2 Å². The quantitative estimate of drug-likeness (QED) is 0.535. The number of hydrogen-bond donors (Lipinski definition) is 1. The standard InChI is InChI=1S/C12H20O5/c1-5-16-10(14)9(2)8-12(3,4)11(15)17-7-6-13/h13H,2,5-8H2,1,3-4H3. The Morgan fingerprint density at radius 1 is 1.29 bits per heavy atom. The highest BCUT2D eigenvalue weighted by Crippen LogP contribution is 2.26. The fraction of sp³-hybridized carbons (Fsp3) is 0.667. The van der Waals surface area contributed by atoms with Crippen molar-refractivity contribution in [2.75, 3.05) is 19.8 Å². The largest absolute Gasteiger partial charge is 0.463 e. The Hall–Kier alpha value is -1.36. The normalized spacial score (nSPS) is 10.8. The van der Waals surface area contributed by atoms with Gasteiger partial charge in [0, 0.05) is 5.57 Å². The molecule has 0 radical (unpaired) electrons. The molecule has 0 aliphatic rings. The van der Waals surface area contributed by atoms with Crippen LogP contribution < -0.4 is 0 Å². The predicted molar refractivity (Wildman–Crippen MR) is 62.2 cm³/mol. The van der Waals surface area contributed by atoms with Crippen molar-refractivity contribution in [1.29, 1.82) is 0 Å². The molecule has 5 nitrogen and oxygen atoms in total. The second kappa shape index (κ2) is 7.06. The number of ether oxygens (including phenoxy) is 2. The molecule has 0 aromatic heterocycles. The molecule has 0 aliphatic carbocycles. The van der Waals surface area contributed by atoms with Crippen LogP contribution in [0.15, 0.2) is 12.2 Å². The minimum absolute atomic E-state index is 0.0475. The van der Waals surface area contributed by atoms with Gasteiger partial charge in [0.2, 0.25) is 0 Å². The number of aliphatic hydroxyl groups is 1. The molecule has 0 aromatic carbocycles. The van der Waals surface area contributed by atoms with E-state index in [1.165, 1.54) is 0 Å². The number of esters is 2. The Bertz CT molecular complexity index is 293. The maximum Gasteiger partial charge on any atom is 0.333 e. The summed E-state index contributed by atoms with van der Waals surface area (Å²) >= 11 is 0. The van der Waals surface area contributed by atoms with Crippen molar-refractivity contribution < 1.29 is 24.2 Å². The zero-order valence-electron chi connectivity index (χ0n) is 10.6. The third kappa shape index (κ3) is 5.49. The van der Waals surface area contributed by atoms with E-state index in [0.29, 0.717) is 0 Å². The van der Waals surface area contributed by atoms with Gasteiger partial charge in [0.15, 0.2) is 0 Å². The van der Waals surface area contributed by atoms with Crippen LogP contribution in [-0.2, 0) is 19.1 Å². The van der Waals surface area contributed by atoms with Gasteiger partial charge in [0.25, 0.3) is 0 Å². The molecule has 1 N–H and O–H groups in total. The summed E-state index contributed by atoms with van der Waals surface area (Å²) in [7, 11) is 0. The molecule has 0 unspecified atom stereocenters. The van der Waals surface area contributed by atoms with Crippen LogP contribution in [0.3, 0.4) is 0 Å². The van der Waals surface area contributed by atoms with Gasteiger partial charge in [-0.2, -0.15) is 0 Å². The van der Waals surface area contributed by atoms with Crippen molar-refractivity contribution in [1.82, 2.24) is 0 Å². The van der Waals surface area contributed by atoms with E-state index < -0.39 is 17.4 Å². The molecule has 17 heavy (non-hydrogen) atoms. The van der Waals surface area contributed by atoms with Crippen molar-refractivity contribution >= 4 is 11.9 Å². The second-order valence-corrected chi connectivity index (χ2v) is 4.24. The fourth-order valence-electron chi connectivity index (χ4n) is 1.24. The van der Waals surface area contributed by atoms with Crippen molar-refractivity contribution in [3.8, 4) is 0 Å². The number of carbonyl (C=O) groups excluding carboxylic acids is 2. The van der Waals surface area contributed by atoms with E-state index in [1.54, 1.807) is 20.8 Å². The first kappa shape index (κ1) is 15.6. The zero-order valence-corrected chi connectivity index (χ0v) is 10.6. The fourth-order valence-corrected chi connectivity index (χ4v) is 1.24. The zero-order chi connectivity index (χ0) is 13.5. The number of rotatable bonds is 7. The highest BCUT2D eigenvalue weighted by molar-refractivity contribution is 5.89. The van der Waals surface area contributed by atoms with Crippen LogP contribution in [0, 0.1) is 5.41 Å². The minimum Gasteiger partial charge on any atom is -0.463 e. The molecule has 0 saturated carbocycles. The van der Waals surface area contributed by atoms with Gasteiger partial charge in [-0.3, -0.25) is 4.79 Å². The predicted octanol–water partition coefficient (Wildman–Crippen LogP) is 1.06. The molecule has 0 saturated heterocycles. The molecular formula is C12H20O5. The topological polar surface area (TPSA) is 72.8 Å². The van der Waals surface area contributed by atoms with E-state index in [0.717, 1.165) is 0 Å². The summed E-state index contributed by atoms with van der Waals surface area (Å²) in [6.45, 7) is 8.59. The van der Waals surface area contributed by atoms with Gasteiger partial charge in [0.05, 0.1) is 18.6 Å². The van der Waals surface area contributed by atoms with Crippen molar-refractivity contribution in [2.24, 2.45) is 5.41 Å². The Balaban J connectivity index is 4.37. The molecule has 0 spiro atoms. The van der Waals surface area contributed by atoms with Gasteiger partial charge in [-0.15, -0.1) is 0 Å². The maximum absolute atomic E-state index is 11.6. The first-order valence-electron chi connectivity index (χ1n) is 5.48. The van der Waals surface area contributed by atoms with E-state index in [2.05, 4.69) is 6.58 Å². The summed E-state index contributed by atoms with van der Waals surface area (Å²) < 4.78 is 9.59. The summed E-state index contributed by atoms with van der Waals surface area (Å²) in [5.74, 6) is -0.979. The summed E-state index contributed by atoms with van der Waals surface area (Å²) in [5, 5.41) is 8.55. The first-order valence-corrected chi connectivity index (χ1v) is 5.48. The molecule has 0 aliphatic heterocycles. The Labute approximate surface area is 101 Å². The smallest absolute Gasteiger partial charge is 0.333 e. The molecule has 0 bridgehead atoms. The van der Waals surface area contributed by atoms with Gasteiger partial charge in [-0.1, -0.05) is 6.58 Å². The summed E-state index contributed by atoms with van der Waals surface area (Å²) in [5.41, 5.74) is -0.628. The third-order valence-electron chi connectivity index (χ3n) is 2.10. The van der Waals surface area contributed by atoms with Gasteiger partial charge in [-0.05, 0) is 27.2 Å². The summed E-state index contributed by atoms with van der Waals surface area (Å²) in [6.07, 6.45) is 0.163. The first-order chi connectivity index (χ1) is 7.85. The maximum atomic E-state index is 11.6. The Kier molecular flexibility index (Phi) is 6.50. The molecule has 0 atom stereocenters. The lowest BCUT2D eigenvalue weighted by Crippen LogP contribution is -2.29. The average Bonchev–Trinajstić information content (AvgIpc) is 2.25. The third-order valence-corrected chi connectivity index (χ3v) is 2.10. The van der Waals surface area contributed by atoms with Crippen LogP contribution in [0.4, 0.5) is 0 Å². The van der Waals surface area contributed by atoms with Gasteiger partial charge in [-0.25, -0.2) is 4.79 Å². The number of aliphatic hydroxyl groups excluding tert-OH is 1. The molecule has 5 heteroatoms. The highest BCUT2D eigenvalue weighted by Gasteiger charge is 2.31. The molecule has 0 heterocycles. The Morgan fingerprint density at radius 2 is 1.88 bits per heavy atom. The molecular weight excluding hydrogens is 224 g/mol. The van der Waals surface area contributed by atoms with Crippen LogP contribution in [0.25, 0.3) is 0 Å². The van der Waals surface area contributed by atoms with Gasteiger partial charge in [0.1, 0.15) is 6.61 Å². The van der Waals surface area contributed by atoms with Crippen molar-refractivity contribution in [3.05, 3.63) is 12.2 Å². The lowest BCUT2D eigenvalue weighted by atomic mass is 9.86. The Morgan fingerprint density at radius 3 is 2.35 bits per heavy atom. The average molecular weight is 244 g/mol. The van der Waals surface area contributed by atoms with E-state index in [1.807, 2.05) is 0 Å². The van der Waals surface area contributed by atoms with E-state index in [-0.39, 0.29) is 31.8 Å². The van der Waals surface area contributed by atoms with Crippen LogP contribution in [-0.4, -0.2) is 36.9 Å². The van der Waals surface area contributed by atoms with Crippen LogP contribution in [0.2, 0.25) is 0 Å². The van der Waals surface area contributed by atoms with Gasteiger partial charge < -0.3 is 14.6 Å². The molecule has 0 aromatic rings. The highest BCUT2D eigenvalue weighted by atomic mass is 16.5. The molecule has 0 rings (SSSR count). The summed E-state index contributed by atoms with van der Waals surface area (Å²) in [4.78, 5) is 23.0. The van der Waals surface area contributed by atoms with E-state index >= 15 is 0 Å². The second-order valence-electron chi connectivity index (χ2n) is 4.24. The van der Waals surface area contributed by atoms with Crippen LogP contribution in [0.1, 0.15) is 27.2 Å². The molecule has 98 valence electrons. The molecule has 0 fully saturated rings. The van der Waals surface area contributed by atoms with E-state index in [9.17, 15) is 9.59 Å². The van der Waals surface area contributed by atoms with E-state index in [4.69, 9.17) is 14.6 Å². The summed E-state index contributed by atoms with van der Waals surface area (Å²) in [6, 6.07) is 0. The molecule has 0 amide bonds. The number of hydrogen-bond acceptors (Lipinski definition) is 5. The lowest BCUT2D eigenvalue weighted by Gasteiger charge is -2.22. The minimum atomic E-state index is -0.862. The van der Waals surface area contributed by atoms with Crippen LogP contribution in [0.5, 0.6) is 0 Å².